The van der Waals surface area contributed by atoms with E-state index in [9.17, 15) is 0 Å². The maximum Gasteiger partial charge on any atom is 0.0730 e. The Balaban J connectivity index is 1.51. The average Bonchev–Trinajstić information content (AvgIpc) is 2.71. The number of anilines is 1. The van der Waals surface area contributed by atoms with Gasteiger partial charge in [0.1, 0.15) is 0 Å². The fourth-order valence-corrected chi connectivity index (χ4v) is 3.98. The lowest BCUT2D eigenvalue weighted by Gasteiger charge is -2.26. The van der Waals surface area contributed by atoms with Crippen LogP contribution in [-0.4, -0.2) is 36.1 Å². The molecule has 1 aromatic heterocycles. The molecule has 2 aromatic carbocycles. The van der Waals surface area contributed by atoms with Gasteiger partial charge in [0, 0.05) is 23.2 Å². The van der Waals surface area contributed by atoms with Crippen LogP contribution >= 0.6 is 0 Å². The Hall–Kier alpha value is -2.39. The Labute approximate surface area is 162 Å². The Morgan fingerprint density at radius 3 is 2.67 bits per heavy atom. The Morgan fingerprint density at radius 2 is 1.81 bits per heavy atom. The summed E-state index contributed by atoms with van der Waals surface area (Å²) in [6.07, 6.45) is 5.31. The predicted molar refractivity (Wildman–Crippen MR) is 115 cm³/mol. The monoisotopic (exact) mass is 359 g/mol. The first-order chi connectivity index (χ1) is 13.3. The van der Waals surface area contributed by atoms with Gasteiger partial charge in [-0.25, -0.2) is 4.98 Å². The highest BCUT2D eigenvalue weighted by atomic mass is 15.1. The van der Waals surface area contributed by atoms with Crippen molar-refractivity contribution in [2.45, 2.75) is 32.6 Å². The number of rotatable bonds is 6. The van der Waals surface area contributed by atoms with E-state index in [4.69, 9.17) is 4.98 Å². The molecule has 0 radical (unpaired) electrons. The Morgan fingerprint density at radius 1 is 0.963 bits per heavy atom. The van der Waals surface area contributed by atoms with Gasteiger partial charge in [-0.05, 0) is 64.0 Å². The maximum absolute atomic E-state index is 4.90. The summed E-state index contributed by atoms with van der Waals surface area (Å²) in [5.74, 6) is 0. The number of fused-ring (bicyclic) bond motifs is 1. The highest BCUT2D eigenvalue weighted by Crippen LogP contribution is 2.28. The molecule has 0 unspecified atom stereocenters. The van der Waals surface area contributed by atoms with E-state index in [0.29, 0.717) is 0 Å². The summed E-state index contributed by atoms with van der Waals surface area (Å²) in [6.45, 7) is 6.87. The second kappa shape index (κ2) is 8.53. The molecule has 0 amide bonds. The highest BCUT2D eigenvalue weighted by Gasteiger charge is 2.10. The molecule has 0 aliphatic carbocycles. The molecule has 2 heterocycles. The molecular formula is C24H29N3. The summed E-state index contributed by atoms with van der Waals surface area (Å²) >= 11 is 0. The van der Waals surface area contributed by atoms with Crippen LogP contribution in [-0.2, 0) is 0 Å². The SMILES string of the molecule is Cc1cccc(-c2cc(NCCCN3CCCCC3)c3ccccc3n2)c1. The molecule has 1 N–H and O–H groups in total. The van der Waals surface area contributed by atoms with Crippen LogP contribution in [0, 0.1) is 6.92 Å². The van der Waals surface area contributed by atoms with E-state index in [1.165, 1.54) is 67.5 Å². The molecule has 3 nitrogen and oxygen atoms in total. The third kappa shape index (κ3) is 4.48. The normalized spacial score (nSPS) is 15.1. The smallest absolute Gasteiger partial charge is 0.0730 e. The van der Waals surface area contributed by atoms with Crippen molar-refractivity contribution in [3.05, 3.63) is 60.2 Å². The van der Waals surface area contributed by atoms with E-state index in [2.05, 4.69) is 71.7 Å². The van der Waals surface area contributed by atoms with Crippen molar-refractivity contribution in [3.8, 4) is 11.3 Å². The first-order valence-electron chi connectivity index (χ1n) is 10.2. The van der Waals surface area contributed by atoms with Gasteiger partial charge in [-0.15, -0.1) is 0 Å². The molecule has 1 saturated heterocycles. The van der Waals surface area contributed by atoms with Gasteiger partial charge in [0.25, 0.3) is 0 Å². The number of hydrogen-bond donors (Lipinski definition) is 1. The zero-order valence-electron chi connectivity index (χ0n) is 16.2. The molecule has 1 aliphatic rings. The van der Waals surface area contributed by atoms with Crippen LogP contribution in [0.15, 0.2) is 54.6 Å². The van der Waals surface area contributed by atoms with Crippen molar-refractivity contribution in [3.63, 3.8) is 0 Å². The molecule has 1 fully saturated rings. The fraction of sp³-hybridized carbons (Fsp3) is 0.375. The van der Waals surface area contributed by atoms with E-state index >= 15 is 0 Å². The van der Waals surface area contributed by atoms with Crippen LogP contribution < -0.4 is 5.32 Å². The predicted octanol–water partition coefficient (Wildman–Crippen LogP) is 5.50. The first kappa shape index (κ1) is 18.0. The fourth-order valence-electron chi connectivity index (χ4n) is 3.98. The third-order valence-corrected chi connectivity index (χ3v) is 5.45. The molecule has 140 valence electrons. The molecule has 0 bridgehead atoms. The largest absolute Gasteiger partial charge is 0.384 e. The van der Waals surface area contributed by atoms with E-state index in [-0.39, 0.29) is 0 Å². The highest BCUT2D eigenvalue weighted by molar-refractivity contribution is 5.93. The van der Waals surface area contributed by atoms with Gasteiger partial charge in [-0.2, -0.15) is 0 Å². The maximum atomic E-state index is 4.90. The number of para-hydroxylation sites is 1. The van der Waals surface area contributed by atoms with Gasteiger partial charge in [-0.1, -0.05) is 48.4 Å². The van der Waals surface area contributed by atoms with Crippen LogP contribution in [0.1, 0.15) is 31.2 Å². The average molecular weight is 360 g/mol. The number of aromatic nitrogens is 1. The summed E-state index contributed by atoms with van der Waals surface area (Å²) in [6, 6.07) is 19.2. The topological polar surface area (TPSA) is 28.2 Å². The summed E-state index contributed by atoms with van der Waals surface area (Å²) in [5.41, 5.74) is 5.72. The number of nitrogens with one attached hydrogen (secondary N) is 1. The Kier molecular flexibility index (Phi) is 5.69. The zero-order valence-corrected chi connectivity index (χ0v) is 16.2. The number of benzene rings is 2. The first-order valence-corrected chi connectivity index (χ1v) is 10.2. The summed E-state index contributed by atoms with van der Waals surface area (Å²) in [5, 5.41) is 4.89. The number of likely N-dealkylation sites (tertiary alicyclic amines) is 1. The van der Waals surface area contributed by atoms with Gasteiger partial charge < -0.3 is 10.2 Å². The third-order valence-electron chi connectivity index (χ3n) is 5.45. The second-order valence-corrected chi connectivity index (χ2v) is 7.62. The van der Waals surface area contributed by atoms with Crippen LogP contribution in [0.3, 0.4) is 0 Å². The van der Waals surface area contributed by atoms with Crippen LogP contribution in [0.25, 0.3) is 22.2 Å². The second-order valence-electron chi connectivity index (χ2n) is 7.62. The van der Waals surface area contributed by atoms with E-state index in [0.717, 1.165) is 17.8 Å². The summed E-state index contributed by atoms with van der Waals surface area (Å²) < 4.78 is 0. The molecule has 1 aliphatic heterocycles. The van der Waals surface area contributed by atoms with Crippen molar-refractivity contribution in [2.75, 3.05) is 31.5 Å². The van der Waals surface area contributed by atoms with E-state index < -0.39 is 0 Å². The molecule has 0 atom stereocenters. The minimum absolute atomic E-state index is 0.998. The quantitative estimate of drug-likeness (QED) is 0.589. The minimum atomic E-state index is 0.998. The van der Waals surface area contributed by atoms with Crippen molar-refractivity contribution >= 4 is 16.6 Å². The lowest BCUT2D eigenvalue weighted by molar-refractivity contribution is 0.228. The van der Waals surface area contributed by atoms with Gasteiger partial charge in [-0.3, -0.25) is 0 Å². The van der Waals surface area contributed by atoms with Crippen LogP contribution in [0.4, 0.5) is 5.69 Å². The van der Waals surface area contributed by atoms with Gasteiger partial charge >= 0.3 is 0 Å². The van der Waals surface area contributed by atoms with Crippen molar-refractivity contribution in [1.82, 2.24) is 9.88 Å². The zero-order chi connectivity index (χ0) is 18.5. The van der Waals surface area contributed by atoms with Crippen LogP contribution in [0.5, 0.6) is 0 Å². The molecule has 4 rings (SSSR count). The molecule has 0 spiro atoms. The summed E-state index contributed by atoms with van der Waals surface area (Å²) in [4.78, 5) is 7.51. The van der Waals surface area contributed by atoms with E-state index in [1.807, 2.05) is 0 Å². The number of aryl methyl sites for hydroxylation is 1. The van der Waals surface area contributed by atoms with Crippen molar-refractivity contribution in [2.24, 2.45) is 0 Å². The molecule has 0 saturated carbocycles. The lowest BCUT2D eigenvalue weighted by atomic mass is 10.1. The number of piperidine rings is 1. The van der Waals surface area contributed by atoms with Crippen molar-refractivity contribution in [1.29, 1.82) is 0 Å². The van der Waals surface area contributed by atoms with Crippen LogP contribution in [0.2, 0.25) is 0 Å². The summed E-state index contributed by atoms with van der Waals surface area (Å²) in [7, 11) is 0. The number of hydrogen-bond acceptors (Lipinski definition) is 3. The standard InChI is InChI=1S/C24H29N3/c1-19-9-7-10-20(17-19)23-18-24(21-11-3-4-12-22(21)26-23)25-13-8-16-27-14-5-2-6-15-27/h3-4,7,9-12,17-18H,2,5-6,8,13-16H2,1H3,(H,25,26). The molecule has 3 aromatic rings. The Bertz CT molecular complexity index is 897. The molecule has 3 heteroatoms. The van der Waals surface area contributed by atoms with Gasteiger partial charge in [0.15, 0.2) is 0 Å². The van der Waals surface area contributed by atoms with E-state index in [1.54, 1.807) is 0 Å². The number of pyridine rings is 1. The molecule has 27 heavy (non-hydrogen) atoms. The van der Waals surface area contributed by atoms with Gasteiger partial charge in [0.2, 0.25) is 0 Å². The van der Waals surface area contributed by atoms with Gasteiger partial charge in [0.05, 0.1) is 11.2 Å². The lowest BCUT2D eigenvalue weighted by Crippen LogP contribution is -2.31. The molecular weight excluding hydrogens is 330 g/mol. The number of nitrogens with zero attached hydrogens (tertiary/aromatic N) is 2. The minimum Gasteiger partial charge on any atom is -0.384 e. The van der Waals surface area contributed by atoms with Crippen molar-refractivity contribution < 1.29 is 0 Å².